The number of rotatable bonds is 12. The second-order valence-corrected chi connectivity index (χ2v) is 8.49. The summed E-state index contributed by atoms with van der Waals surface area (Å²) < 4.78 is 11.5. The fraction of sp³-hybridized carbons (Fsp3) is 0.241. The third-order valence-corrected chi connectivity index (χ3v) is 5.53. The molecule has 36 heavy (non-hydrogen) atoms. The van der Waals surface area contributed by atoms with Crippen LogP contribution in [0.1, 0.15) is 34.3 Å². The van der Waals surface area contributed by atoms with Gasteiger partial charge in [-0.05, 0) is 66.4 Å². The van der Waals surface area contributed by atoms with Crippen LogP contribution in [0.5, 0.6) is 11.5 Å². The summed E-state index contributed by atoms with van der Waals surface area (Å²) in [5, 5.41) is 14.3. The predicted molar refractivity (Wildman–Crippen MR) is 138 cm³/mol. The molecule has 0 aliphatic heterocycles. The van der Waals surface area contributed by atoms with E-state index in [0.29, 0.717) is 24.0 Å². The number of aliphatic hydroxyl groups excluding tert-OH is 1. The van der Waals surface area contributed by atoms with E-state index in [2.05, 4.69) is 22.8 Å². The van der Waals surface area contributed by atoms with Gasteiger partial charge in [0.15, 0.2) is 0 Å². The van der Waals surface area contributed by atoms with Gasteiger partial charge in [0.25, 0.3) is 11.8 Å². The first kappa shape index (κ1) is 25.0. The quantitative estimate of drug-likeness (QED) is 0.339. The van der Waals surface area contributed by atoms with Gasteiger partial charge in [0.1, 0.15) is 17.2 Å². The molecule has 0 saturated heterocycles. The van der Waals surface area contributed by atoms with Crippen molar-refractivity contribution in [3.8, 4) is 11.5 Å². The van der Waals surface area contributed by atoms with Crippen molar-refractivity contribution in [1.29, 1.82) is 0 Å². The summed E-state index contributed by atoms with van der Waals surface area (Å²) in [6, 6.07) is 24.2. The van der Waals surface area contributed by atoms with E-state index in [4.69, 9.17) is 14.6 Å². The Bertz CT molecular complexity index is 1170. The molecule has 0 unspecified atom stereocenters. The number of hydrogen-bond donors (Lipinski definition) is 3. The largest absolute Gasteiger partial charge is 0.493 e. The van der Waals surface area contributed by atoms with Crippen molar-refractivity contribution in [2.45, 2.75) is 25.4 Å². The Labute approximate surface area is 210 Å². The van der Waals surface area contributed by atoms with Gasteiger partial charge in [0.2, 0.25) is 0 Å². The Morgan fingerprint density at radius 2 is 1.61 bits per heavy atom. The number of hydrogen-bond acceptors (Lipinski definition) is 5. The third-order valence-electron chi connectivity index (χ3n) is 5.53. The number of aliphatic hydroxyl groups is 1. The molecule has 1 aliphatic carbocycles. The van der Waals surface area contributed by atoms with Gasteiger partial charge in [-0.15, -0.1) is 0 Å². The first-order valence-electron chi connectivity index (χ1n) is 12.1. The van der Waals surface area contributed by atoms with E-state index in [9.17, 15) is 9.59 Å². The van der Waals surface area contributed by atoms with E-state index in [1.54, 1.807) is 30.3 Å². The van der Waals surface area contributed by atoms with Gasteiger partial charge >= 0.3 is 0 Å². The SMILES string of the molecule is O=C(NCCO)C(=Cc1ccc(OC2CC2)cc1)NC(=O)c1ccc(OCCc2ccccc2)cc1. The molecule has 0 spiro atoms. The van der Waals surface area contributed by atoms with Crippen LogP contribution in [0, 0.1) is 0 Å². The van der Waals surface area contributed by atoms with Crippen LogP contribution < -0.4 is 20.1 Å². The Morgan fingerprint density at radius 3 is 2.28 bits per heavy atom. The molecule has 1 fully saturated rings. The van der Waals surface area contributed by atoms with Gasteiger partial charge in [-0.25, -0.2) is 0 Å². The average molecular weight is 487 g/mol. The molecule has 0 heterocycles. The molecule has 3 aromatic carbocycles. The maximum atomic E-state index is 12.9. The molecule has 186 valence electrons. The van der Waals surface area contributed by atoms with E-state index < -0.39 is 11.8 Å². The molecule has 0 bridgehead atoms. The summed E-state index contributed by atoms with van der Waals surface area (Å²) in [7, 11) is 0. The van der Waals surface area contributed by atoms with Crippen LogP contribution in [-0.2, 0) is 11.2 Å². The van der Waals surface area contributed by atoms with Crippen LogP contribution in [0.4, 0.5) is 0 Å². The van der Waals surface area contributed by atoms with E-state index >= 15 is 0 Å². The van der Waals surface area contributed by atoms with Crippen molar-refractivity contribution in [1.82, 2.24) is 10.6 Å². The molecule has 4 rings (SSSR count). The first-order chi connectivity index (χ1) is 17.6. The summed E-state index contributed by atoms with van der Waals surface area (Å²) in [4.78, 5) is 25.5. The van der Waals surface area contributed by atoms with Gasteiger partial charge in [0, 0.05) is 18.5 Å². The minimum absolute atomic E-state index is 0.0764. The molecular formula is C29H30N2O5. The molecule has 0 atom stereocenters. The summed E-state index contributed by atoms with van der Waals surface area (Å²) in [6.45, 7) is 0.402. The van der Waals surface area contributed by atoms with Crippen LogP contribution in [0.2, 0.25) is 0 Å². The van der Waals surface area contributed by atoms with Crippen LogP contribution in [0.25, 0.3) is 6.08 Å². The van der Waals surface area contributed by atoms with Crippen LogP contribution in [-0.4, -0.2) is 42.8 Å². The fourth-order valence-corrected chi connectivity index (χ4v) is 3.44. The van der Waals surface area contributed by atoms with Crippen molar-refractivity contribution in [3.63, 3.8) is 0 Å². The molecule has 1 aliphatic rings. The molecule has 7 heteroatoms. The maximum absolute atomic E-state index is 12.9. The second-order valence-electron chi connectivity index (χ2n) is 8.49. The highest BCUT2D eigenvalue weighted by atomic mass is 16.5. The number of carbonyl (C=O) groups excluding carboxylic acids is 2. The summed E-state index contributed by atoms with van der Waals surface area (Å²) in [5.41, 5.74) is 2.39. The van der Waals surface area contributed by atoms with Crippen molar-refractivity contribution >= 4 is 17.9 Å². The Balaban J connectivity index is 1.38. The average Bonchev–Trinajstić information content (AvgIpc) is 3.73. The zero-order valence-corrected chi connectivity index (χ0v) is 20.0. The Morgan fingerprint density at radius 1 is 0.917 bits per heavy atom. The summed E-state index contributed by atoms with van der Waals surface area (Å²) >= 11 is 0. The van der Waals surface area contributed by atoms with E-state index in [-0.39, 0.29) is 18.8 Å². The Kier molecular flexibility index (Phi) is 8.72. The normalized spacial score (nSPS) is 13.1. The number of carbonyl (C=O) groups is 2. The molecule has 3 N–H and O–H groups in total. The predicted octanol–water partition coefficient (Wildman–Crippen LogP) is 3.73. The third kappa shape index (κ3) is 7.71. The highest BCUT2D eigenvalue weighted by Gasteiger charge is 2.23. The lowest BCUT2D eigenvalue weighted by Crippen LogP contribution is -2.36. The van der Waals surface area contributed by atoms with Crippen LogP contribution in [0.15, 0.2) is 84.6 Å². The van der Waals surface area contributed by atoms with Gasteiger partial charge in [-0.2, -0.15) is 0 Å². The molecule has 0 radical (unpaired) electrons. The van der Waals surface area contributed by atoms with Crippen molar-refractivity contribution in [2.24, 2.45) is 0 Å². The molecule has 2 amide bonds. The zero-order valence-electron chi connectivity index (χ0n) is 20.0. The van der Waals surface area contributed by atoms with E-state index in [0.717, 1.165) is 30.6 Å². The van der Waals surface area contributed by atoms with E-state index in [1.807, 2.05) is 42.5 Å². The number of benzene rings is 3. The number of amides is 2. The van der Waals surface area contributed by atoms with Crippen molar-refractivity contribution in [3.05, 3.63) is 101 Å². The maximum Gasteiger partial charge on any atom is 0.267 e. The minimum atomic E-state index is -0.489. The van der Waals surface area contributed by atoms with Gasteiger partial charge in [-0.1, -0.05) is 42.5 Å². The van der Waals surface area contributed by atoms with Crippen molar-refractivity contribution in [2.75, 3.05) is 19.8 Å². The van der Waals surface area contributed by atoms with Crippen LogP contribution >= 0.6 is 0 Å². The monoisotopic (exact) mass is 486 g/mol. The molecular weight excluding hydrogens is 456 g/mol. The van der Waals surface area contributed by atoms with Crippen molar-refractivity contribution < 1.29 is 24.2 Å². The first-order valence-corrected chi connectivity index (χ1v) is 12.1. The lowest BCUT2D eigenvalue weighted by Gasteiger charge is -2.12. The lowest BCUT2D eigenvalue weighted by molar-refractivity contribution is -0.117. The topological polar surface area (TPSA) is 96.9 Å². The number of nitrogens with one attached hydrogen (secondary N) is 2. The zero-order chi connectivity index (χ0) is 25.2. The second kappa shape index (κ2) is 12.6. The molecule has 3 aromatic rings. The molecule has 1 saturated carbocycles. The lowest BCUT2D eigenvalue weighted by atomic mass is 10.1. The molecule has 0 aromatic heterocycles. The fourth-order valence-electron chi connectivity index (χ4n) is 3.44. The van der Waals surface area contributed by atoms with Gasteiger partial charge in [0.05, 0.1) is 19.3 Å². The van der Waals surface area contributed by atoms with Gasteiger partial charge < -0.3 is 25.2 Å². The smallest absolute Gasteiger partial charge is 0.267 e. The summed E-state index contributed by atoms with van der Waals surface area (Å²) in [5.74, 6) is 0.518. The highest BCUT2D eigenvalue weighted by Crippen LogP contribution is 2.27. The number of ether oxygens (including phenoxy) is 2. The summed E-state index contributed by atoms with van der Waals surface area (Å²) in [6.07, 6.45) is 4.82. The minimum Gasteiger partial charge on any atom is -0.493 e. The van der Waals surface area contributed by atoms with Crippen LogP contribution in [0.3, 0.4) is 0 Å². The Hall–Kier alpha value is -4.10. The standard InChI is InChI=1S/C29H30N2O5/c32-18-17-30-29(34)27(20-22-6-10-25(11-7-22)36-26-14-15-26)31-28(33)23-8-12-24(13-9-23)35-19-16-21-4-2-1-3-5-21/h1-13,20,26,32H,14-19H2,(H,30,34)(H,31,33). The van der Waals surface area contributed by atoms with Gasteiger partial charge in [-0.3, -0.25) is 9.59 Å². The molecule has 7 nitrogen and oxygen atoms in total. The van der Waals surface area contributed by atoms with E-state index in [1.165, 1.54) is 5.56 Å². The highest BCUT2D eigenvalue weighted by molar-refractivity contribution is 6.05.